The van der Waals surface area contributed by atoms with E-state index in [4.69, 9.17) is 16.3 Å². The summed E-state index contributed by atoms with van der Waals surface area (Å²) >= 11 is 7.25. The fourth-order valence-electron chi connectivity index (χ4n) is 2.32. The fraction of sp³-hybridized carbons (Fsp3) is 0.0500. The molecule has 0 aliphatic carbocycles. The molecule has 0 saturated heterocycles. The van der Waals surface area contributed by atoms with Crippen molar-refractivity contribution in [3.8, 4) is 0 Å². The van der Waals surface area contributed by atoms with Crippen molar-refractivity contribution in [1.29, 1.82) is 0 Å². The van der Waals surface area contributed by atoms with Gasteiger partial charge in [-0.25, -0.2) is 4.79 Å². The Morgan fingerprint density at radius 3 is 2.46 bits per heavy atom. The zero-order valence-corrected chi connectivity index (χ0v) is 16.0. The van der Waals surface area contributed by atoms with Crippen LogP contribution < -0.4 is 10.6 Å². The lowest BCUT2D eigenvalue weighted by atomic mass is 10.1. The Balaban J connectivity index is 1.66. The number of carbonyl (C=O) groups excluding carboxylic acids is 3. The minimum atomic E-state index is -0.749. The molecule has 0 fully saturated rings. The molecule has 1 aromatic heterocycles. The SMILES string of the molecule is O=C(COC(=O)c1ccc(Cl)cc1NC(=O)c1cccs1)Nc1ccccc1. The average Bonchev–Trinajstić information content (AvgIpc) is 3.22. The smallest absolute Gasteiger partial charge is 0.340 e. The van der Waals surface area contributed by atoms with E-state index < -0.39 is 18.5 Å². The lowest BCUT2D eigenvalue weighted by molar-refractivity contribution is -0.119. The highest BCUT2D eigenvalue weighted by molar-refractivity contribution is 7.12. The molecule has 2 amide bonds. The van der Waals surface area contributed by atoms with Gasteiger partial charge in [-0.3, -0.25) is 9.59 Å². The number of rotatable bonds is 6. The van der Waals surface area contributed by atoms with Crippen molar-refractivity contribution in [2.75, 3.05) is 17.2 Å². The van der Waals surface area contributed by atoms with Gasteiger partial charge in [0, 0.05) is 10.7 Å². The Morgan fingerprint density at radius 1 is 0.964 bits per heavy atom. The lowest BCUT2D eigenvalue weighted by Gasteiger charge is -2.11. The monoisotopic (exact) mass is 414 g/mol. The number of ether oxygens (including phenoxy) is 1. The van der Waals surface area contributed by atoms with Crippen LogP contribution in [0.15, 0.2) is 66.0 Å². The van der Waals surface area contributed by atoms with E-state index in [-0.39, 0.29) is 17.2 Å². The number of benzene rings is 2. The number of hydrogen-bond donors (Lipinski definition) is 2. The molecule has 2 N–H and O–H groups in total. The van der Waals surface area contributed by atoms with Gasteiger partial charge in [0.25, 0.3) is 11.8 Å². The van der Waals surface area contributed by atoms with Crippen LogP contribution >= 0.6 is 22.9 Å². The molecule has 3 rings (SSSR count). The van der Waals surface area contributed by atoms with Crippen molar-refractivity contribution in [2.45, 2.75) is 0 Å². The molecule has 0 aliphatic rings. The van der Waals surface area contributed by atoms with Crippen LogP contribution in [0.25, 0.3) is 0 Å². The quantitative estimate of drug-likeness (QED) is 0.583. The molecule has 142 valence electrons. The molecule has 0 spiro atoms. The summed E-state index contributed by atoms with van der Waals surface area (Å²) in [6, 6.07) is 16.6. The maximum atomic E-state index is 12.4. The highest BCUT2D eigenvalue weighted by Gasteiger charge is 2.18. The highest BCUT2D eigenvalue weighted by Crippen LogP contribution is 2.23. The maximum absolute atomic E-state index is 12.4. The van der Waals surface area contributed by atoms with Gasteiger partial charge in [0.2, 0.25) is 0 Å². The summed E-state index contributed by atoms with van der Waals surface area (Å²) in [5, 5.41) is 7.38. The summed E-state index contributed by atoms with van der Waals surface area (Å²) in [7, 11) is 0. The van der Waals surface area contributed by atoms with E-state index in [2.05, 4.69) is 10.6 Å². The molecule has 0 radical (unpaired) electrons. The van der Waals surface area contributed by atoms with Crippen LogP contribution in [-0.4, -0.2) is 24.4 Å². The molecule has 1 heterocycles. The maximum Gasteiger partial charge on any atom is 0.340 e. The first-order valence-corrected chi connectivity index (χ1v) is 9.45. The van der Waals surface area contributed by atoms with Gasteiger partial charge in [0.15, 0.2) is 6.61 Å². The second-order valence-electron chi connectivity index (χ2n) is 5.61. The summed E-state index contributed by atoms with van der Waals surface area (Å²) in [4.78, 5) is 37.1. The number of esters is 1. The molecular formula is C20H15ClN2O4S. The third kappa shape index (κ3) is 5.18. The highest BCUT2D eigenvalue weighted by atomic mass is 35.5. The minimum absolute atomic E-state index is 0.0989. The first kappa shape index (κ1) is 19.6. The van der Waals surface area contributed by atoms with Crippen molar-refractivity contribution in [3.05, 3.63) is 81.5 Å². The summed E-state index contributed by atoms with van der Waals surface area (Å²) in [5.41, 5.74) is 0.903. The molecule has 0 aliphatic heterocycles. The molecule has 0 bridgehead atoms. The van der Waals surface area contributed by atoms with Gasteiger partial charge in [-0.2, -0.15) is 0 Å². The first-order chi connectivity index (χ1) is 13.5. The Labute approximate surface area is 170 Å². The third-order valence-electron chi connectivity index (χ3n) is 3.59. The third-order valence-corrected chi connectivity index (χ3v) is 4.69. The Kier molecular flexibility index (Phi) is 6.41. The van der Waals surface area contributed by atoms with Crippen LogP contribution in [0.5, 0.6) is 0 Å². The second-order valence-corrected chi connectivity index (χ2v) is 7.00. The summed E-state index contributed by atoms with van der Waals surface area (Å²) in [5.74, 6) is -1.59. The van der Waals surface area contributed by atoms with E-state index in [9.17, 15) is 14.4 Å². The largest absolute Gasteiger partial charge is 0.452 e. The van der Waals surface area contributed by atoms with Gasteiger partial charge >= 0.3 is 5.97 Å². The number of nitrogens with one attached hydrogen (secondary N) is 2. The van der Waals surface area contributed by atoms with E-state index in [1.807, 2.05) is 6.07 Å². The first-order valence-electron chi connectivity index (χ1n) is 8.19. The molecule has 6 nitrogen and oxygen atoms in total. The molecular weight excluding hydrogens is 400 g/mol. The van der Waals surface area contributed by atoms with Crippen molar-refractivity contribution in [2.24, 2.45) is 0 Å². The predicted octanol–water partition coefficient (Wildman–Crippen LogP) is 4.45. The van der Waals surface area contributed by atoms with Crippen molar-refractivity contribution >= 4 is 52.1 Å². The van der Waals surface area contributed by atoms with Crippen molar-refractivity contribution in [1.82, 2.24) is 0 Å². The molecule has 3 aromatic rings. The zero-order valence-electron chi connectivity index (χ0n) is 14.5. The lowest BCUT2D eigenvalue weighted by Crippen LogP contribution is -2.22. The van der Waals surface area contributed by atoms with Gasteiger partial charge in [0.05, 0.1) is 16.1 Å². The van der Waals surface area contributed by atoms with E-state index in [0.29, 0.717) is 15.6 Å². The van der Waals surface area contributed by atoms with Gasteiger partial charge < -0.3 is 15.4 Å². The number of anilines is 2. The number of thiophene rings is 1. The van der Waals surface area contributed by atoms with Crippen LogP contribution in [0.3, 0.4) is 0 Å². The van der Waals surface area contributed by atoms with Crippen molar-refractivity contribution < 1.29 is 19.1 Å². The van der Waals surface area contributed by atoms with E-state index in [0.717, 1.165) is 0 Å². The molecule has 0 unspecified atom stereocenters. The number of hydrogen-bond acceptors (Lipinski definition) is 5. The van der Waals surface area contributed by atoms with Gasteiger partial charge in [-0.1, -0.05) is 35.9 Å². The normalized spacial score (nSPS) is 10.2. The van der Waals surface area contributed by atoms with Crippen LogP contribution in [0, 0.1) is 0 Å². The van der Waals surface area contributed by atoms with Crippen LogP contribution in [0.1, 0.15) is 20.0 Å². The average molecular weight is 415 g/mol. The predicted molar refractivity (Wildman–Crippen MR) is 109 cm³/mol. The number of carbonyl (C=O) groups is 3. The summed E-state index contributed by atoms with van der Waals surface area (Å²) in [6.07, 6.45) is 0. The zero-order chi connectivity index (χ0) is 19.9. The summed E-state index contributed by atoms with van der Waals surface area (Å²) in [6.45, 7) is -0.464. The van der Waals surface area contributed by atoms with Crippen molar-refractivity contribution in [3.63, 3.8) is 0 Å². The number of para-hydroxylation sites is 1. The van der Waals surface area contributed by atoms with Gasteiger partial charge in [-0.15, -0.1) is 11.3 Å². The van der Waals surface area contributed by atoms with E-state index in [1.165, 1.54) is 29.5 Å². The van der Waals surface area contributed by atoms with E-state index in [1.54, 1.807) is 41.8 Å². The van der Waals surface area contributed by atoms with E-state index >= 15 is 0 Å². The van der Waals surface area contributed by atoms with Crippen LogP contribution in [-0.2, 0) is 9.53 Å². The molecule has 2 aromatic carbocycles. The van der Waals surface area contributed by atoms with Crippen LogP contribution in [0.2, 0.25) is 5.02 Å². The Hall–Kier alpha value is -3.16. The topological polar surface area (TPSA) is 84.5 Å². The van der Waals surface area contributed by atoms with Gasteiger partial charge in [0.1, 0.15) is 0 Å². The Bertz CT molecular complexity index is 991. The fourth-order valence-corrected chi connectivity index (χ4v) is 3.11. The molecule has 0 saturated carbocycles. The second kappa shape index (κ2) is 9.16. The minimum Gasteiger partial charge on any atom is -0.452 e. The summed E-state index contributed by atoms with van der Waals surface area (Å²) < 4.78 is 5.07. The van der Waals surface area contributed by atoms with Crippen LogP contribution in [0.4, 0.5) is 11.4 Å². The standard InChI is InChI=1S/C20H15ClN2O4S/c21-13-8-9-15(16(11-13)23-19(25)17-7-4-10-28-17)20(26)27-12-18(24)22-14-5-2-1-3-6-14/h1-11H,12H2,(H,22,24)(H,23,25). The Morgan fingerprint density at radius 2 is 1.75 bits per heavy atom. The van der Waals surface area contributed by atoms with Gasteiger partial charge in [-0.05, 0) is 41.8 Å². The molecule has 28 heavy (non-hydrogen) atoms. The number of amides is 2. The molecule has 0 atom stereocenters. The molecule has 8 heteroatoms. The number of halogens is 1.